The van der Waals surface area contributed by atoms with Crippen molar-refractivity contribution in [1.82, 2.24) is 28.6 Å². The Morgan fingerprint density at radius 2 is 1.93 bits per heavy atom. The third-order valence-electron chi connectivity index (χ3n) is 8.34. The summed E-state index contributed by atoms with van der Waals surface area (Å²) in [6.07, 6.45) is -0.364. The lowest BCUT2D eigenvalue weighted by Gasteiger charge is -2.41. The van der Waals surface area contributed by atoms with Crippen LogP contribution in [0.4, 0.5) is 22.0 Å². The highest BCUT2D eigenvalue weighted by Crippen LogP contribution is 2.38. The molecular weight excluding hydrogens is 547 g/mol. The molecule has 1 unspecified atom stereocenters. The zero-order valence-corrected chi connectivity index (χ0v) is 22.5. The van der Waals surface area contributed by atoms with Crippen LogP contribution in [0.1, 0.15) is 35.9 Å². The molecule has 0 spiro atoms. The maximum atomic E-state index is 14.2. The van der Waals surface area contributed by atoms with E-state index in [2.05, 4.69) is 10.2 Å². The standard InChI is InChI=1S/C28H29F5N6O2/c1-18-11-37(7-6-27(18,29)30)12-19-8-22(28(31,32)33)23-14-38(25(40)39(23)13-19)21-5-3-4-20(9-21)26(15-41-16-26)10-24-35-34-17-36(24)2/h3-5,8-9,13-14,17-18H,6-7,10-12,15-16H2,1-2H3. The van der Waals surface area contributed by atoms with Gasteiger partial charge in [-0.3, -0.25) is 13.9 Å². The Morgan fingerprint density at radius 3 is 2.56 bits per heavy atom. The highest BCUT2D eigenvalue weighted by atomic mass is 19.4. The fourth-order valence-electron chi connectivity index (χ4n) is 5.79. The van der Waals surface area contributed by atoms with E-state index >= 15 is 0 Å². The minimum absolute atomic E-state index is 0.0249. The number of alkyl halides is 5. The molecular formula is C28H29F5N6O2. The summed E-state index contributed by atoms with van der Waals surface area (Å²) < 4.78 is 80.1. The van der Waals surface area contributed by atoms with Crippen LogP contribution in [0.2, 0.25) is 0 Å². The Kier molecular flexibility index (Phi) is 6.57. The number of aromatic nitrogens is 5. The topological polar surface area (TPSA) is 69.6 Å². The van der Waals surface area contributed by atoms with Crippen molar-refractivity contribution in [2.45, 2.75) is 43.8 Å². The largest absolute Gasteiger partial charge is 0.418 e. The van der Waals surface area contributed by atoms with Gasteiger partial charge in [-0.15, -0.1) is 10.2 Å². The minimum atomic E-state index is -4.73. The first-order chi connectivity index (χ1) is 19.4. The van der Waals surface area contributed by atoms with E-state index in [1.165, 1.54) is 23.9 Å². The van der Waals surface area contributed by atoms with Crippen LogP contribution in [0, 0.1) is 5.92 Å². The van der Waals surface area contributed by atoms with Gasteiger partial charge < -0.3 is 9.30 Å². The molecule has 6 rings (SSSR count). The molecule has 4 aromatic rings. The van der Waals surface area contributed by atoms with Crippen molar-refractivity contribution in [2.24, 2.45) is 13.0 Å². The first kappa shape index (κ1) is 27.6. The number of ether oxygens (including phenoxy) is 1. The van der Waals surface area contributed by atoms with Gasteiger partial charge >= 0.3 is 11.9 Å². The molecule has 3 aromatic heterocycles. The second kappa shape index (κ2) is 9.76. The lowest BCUT2D eigenvalue weighted by atomic mass is 9.75. The van der Waals surface area contributed by atoms with E-state index in [4.69, 9.17) is 4.74 Å². The number of fused-ring (bicyclic) bond motifs is 1. The van der Waals surface area contributed by atoms with E-state index in [1.54, 1.807) is 29.4 Å². The smallest absolute Gasteiger partial charge is 0.379 e. The lowest BCUT2D eigenvalue weighted by molar-refractivity contribution is -0.136. The minimum Gasteiger partial charge on any atom is -0.379 e. The fourth-order valence-corrected chi connectivity index (χ4v) is 5.79. The lowest BCUT2D eigenvalue weighted by Crippen LogP contribution is -2.49. The summed E-state index contributed by atoms with van der Waals surface area (Å²) in [6, 6.07) is 8.15. The van der Waals surface area contributed by atoms with E-state index in [1.807, 2.05) is 17.7 Å². The van der Waals surface area contributed by atoms with Gasteiger partial charge in [-0.05, 0) is 29.3 Å². The number of aryl methyl sites for hydroxylation is 1. The SMILES string of the molecule is CC1CN(Cc2cc(C(F)(F)F)c3cn(-c4cccc(C5(Cc6nncn6C)COC5)c4)c(=O)n3c2)CCC1(F)F. The van der Waals surface area contributed by atoms with Crippen LogP contribution < -0.4 is 5.69 Å². The highest BCUT2D eigenvalue weighted by molar-refractivity contribution is 5.58. The van der Waals surface area contributed by atoms with Crippen molar-refractivity contribution in [3.63, 3.8) is 0 Å². The van der Waals surface area contributed by atoms with Crippen LogP contribution in [0.15, 0.2) is 53.8 Å². The molecule has 0 saturated carbocycles. The van der Waals surface area contributed by atoms with E-state index in [-0.39, 0.29) is 37.1 Å². The summed E-state index contributed by atoms with van der Waals surface area (Å²) in [6.45, 7) is 2.42. The summed E-state index contributed by atoms with van der Waals surface area (Å²) in [5.41, 5.74) is -0.784. The van der Waals surface area contributed by atoms with Gasteiger partial charge in [-0.2, -0.15) is 13.2 Å². The second-order valence-corrected chi connectivity index (χ2v) is 11.3. The molecule has 1 aromatic carbocycles. The number of hydrogen-bond acceptors (Lipinski definition) is 5. The Bertz CT molecular complexity index is 1650. The molecule has 41 heavy (non-hydrogen) atoms. The van der Waals surface area contributed by atoms with Crippen LogP contribution >= 0.6 is 0 Å². The summed E-state index contributed by atoms with van der Waals surface area (Å²) in [4.78, 5) is 15.2. The van der Waals surface area contributed by atoms with Gasteiger partial charge in [0.1, 0.15) is 12.2 Å². The van der Waals surface area contributed by atoms with Gasteiger partial charge in [-0.25, -0.2) is 13.6 Å². The second-order valence-electron chi connectivity index (χ2n) is 11.3. The molecule has 2 aliphatic heterocycles. The van der Waals surface area contributed by atoms with Crippen LogP contribution in [0.25, 0.3) is 11.2 Å². The molecule has 0 N–H and O–H groups in total. The monoisotopic (exact) mass is 576 g/mol. The number of imidazole rings is 1. The number of pyridine rings is 1. The molecule has 0 aliphatic carbocycles. The number of halogens is 5. The van der Waals surface area contributed by atoms with Crippen molar-refractivity contribution < 1.29 is 26.7 Å². The van der Waals surface area contributed by atoms with Crippen molar-refractivity contribution in [3.8, 4) is 5.69 Å². The van der Waals surface area contributed by atoms with Gasteiger partial charge in [0.15, 0.2) is 0 Å². The van der Waals surface area contributed by atoms with E-state index in [0.717, 1.165) is 21.9 Å². The summed E-state index contributed by atoms with van der Waals surface area (Å²) in [5.74, 6) is -2.96. The normalized spacial score (nSPS) is 20.8. The van der Waals surface area contributed by atoms with Gasteiger partial charge in [0.25, 0.3) is 5.92 Å². The van der Waals surface area contributed by atoms with Crippen molar-refractivity contribution >= 4 is 5.52 Å². The average Bonchev–Trinajstić information content (AvgIpc) is 3.45. The molecule has 2 aliphatic rings. The van der Waals surface area contributed by atoms with Crippen molar-refractivity contribution in [2.75, 3.05) is 26.3 Å². The van der Waals surface area contributed by atoms with Crippen molar-refractivity contribution in [1.29, 1.82) is 0 Å². The first-order valence-corrected chi connectivity index (χ1v) is 13.3. The van der Waals surface area contributed by atoms with Crippen molar-refractivity contribution in [3.05, 3.63) is 82.1 Å². The number of rotatable bonds is 6. The van der Waals surface area contributed by atoms with Crippen LogP contribution in [-0.4, -0.2) is 60.9 Å². The Hall–Kier alpha value is -3.58. The quantitative estimate of drug-likeness (QED) is 0.322. The van der Waals surface area contributed by atoms with E-state index < -0.39 is 34.7 Å². The maximum absolute atomic E-state index is 14.2. The number of nitrogens with zero attached hydrogens (tertiary/aromatic N) is 6. The van der Waals surface area contributed by atoms with Gasteiger partial charge in [0.2, 0.25) is 0 Å². The molecule has 8 nitrogen and oxygen atoms in total. The van der Waals surface area contributed by atoms with Gasteiger partial charge in [-0.1, -0.05) is 19.1 Å². The third-order valence-corrected chi connectivity index (χ3v) is 8.34. The van der Waals surface area contributed by atoms with Crippen LogP contribution in [0.3, 0.4) is 0 Å². The number of likely N-dealkylation sites (tertiary alicyclic amines) is 1. The molecule has 0 radical (unpaired) electrons. The van der Waals surface area contributed by atoms with Gasteiger partial charge in [0, 0.05) is 63.3 Å². The molecule has 218 valence electrons. The predicted octanol–water partition coefficient (Wildman–Crippen LogP) is 4.23. The number of benzene rings is 1. The summed E-state index contributed by atoms with van der Waals surface area (Å²) in [7, 11) is 1.85. The predicted molar refractivity (Wildman–Crippen MR) is 139 cm³/mol. The number of piperidine rings is 1. The molecule has 2 saturated heterocycles. The average molecular weight is 577 g/mol. The Balaban J connectivity index is 1.37. The zero-order valence-electron chi connectivity index (χ0n) is 22.5. The van der Waals surface area contributed by atoms with Crippen LogP contribution in [-0.2, 0) is 36.3 Å². The van der Waals surface area contributed by atoms with E-state index in [9.17, 15) is 26.7 Å². The van der Waals surface area contributed by atoms with Gasteiger partial charge in [0.05, 0.1) is 30.0 Å². The highest BCUT2D eigenvalue weighted by Gasteiger charge is 2.43. The molecule has 0 bridgehead atoms. The molecule has 5 heterocycles. The summed E-state index contributed by atoms with van der Waals surface area (Å²) in [5, 5.41) is 8.11. The molecule has 1 atom stereocenters. The first-order valence-electron chi connectivity index (χ1n) is 13.3. The fraction of sp³-hybridized carbons (Fsp3) is 0.464. The molecule has 2 fully saturated rings. The van der Waals surface area contributed by atoms with E-state index in [0.29, 0.717) is 25.3 Å². The zero-order chi connectivity index (χ0) is 29.2. The Labute approximate surface area is 232 Å². The number of hydrogen-bond donors (Lipinski definition) is 0. The molecule has 0 amide bonds. The van der Waals surface area contributed by atoms with Crippen LogP contribution in [0.5, 0.6) is 0 Å². The molecule has 13 heteroatoms. The third kappa shape index (κ3) is 4.94. The summed E-state index contributed by atoms with van der Waals surface area (Å²) >= 11 is 0. The Morgan fingerprint density at radius 1 is 1.15 bits per heavy atom. The maximum Gasteiger partial charge on any atom is 0.418 e.